The van der Waals surface area contributed by atoms with Crippen LogP contribution in [-0.4, -0.2) is 9.97 Å². The highest BCUT2D eigenvalue weighted by atomic mass is 32.1. The number of benzene rings is 16. The predicted molar refractivity (Wildman–Crippen MR) is 423 cm³/mol. The van der Waals surface area contributed by atoms with Crippen molar-refractivity contribution in [1.29, 1.82) is 0 Å². The van der Waals surface area contributed by atoms with E-state index < -0.39 is 0 Å². The molecule has 0 aliphatic heterocycles. The fourth-order valence-electron chi connectivity index (χ4n) is 15.1. The highest BCUT2D eigenvalue weighted by molar-refractivity contribution is 7.26. The van der Waals surface area contributed by atoms with Gasteiger partial charge >= 0.3 is 0 Å². The number of fused-ring (bicyclic) bond motifs is 12. The van der Waals surface area contributed by atoms with Crippen LogP contribution >= 0.6 is 22.7 Å². The third-order valence-electron chi connectivity index (χ3n) is 19.8. The van der Waals surface area contributed by atoms with E-state index in [-0.39, 0.29) is 0 Å². The summed E-state index contributed by atoms with van der Waals surface area (Å²) in [5.41, 5.74) is 18.8. The van der Waals surface area contributed by atoms with Crippen molar-refractivity contribution in [3.63, 3.8) is 0 Å². The summed E-state index contributed by atoms with van der Waals surface area (Å²) in [5, 5.41) is 20.2. The van der Waals surface area contributed by atoms with E-state index in [2.05, 4.69) is 346 Å². The van der Waals surface area contributed by atoms with Gasteiger partial charge in [-0.05, 0) is 157 Å². The predicted octanol–water partition coefficient (Wildman–Crippen LogP) is 27.2. The monoisotopic (exact) mass is 1280 g/mol. The van der Waals surface area contributed by atoms with Crippen LogP contribution in [0.25, 0.3) is 194 Å². The zero-order chi connectivity index (χ0) is 64.6. The molecule has 0 saturated heterocycles. The van der Waals surface area contributed by atoms with Gasteiger partial charge in [-0.25, -0.2) is 0 Å². The average Bonchev–Trinajstić information content (AvgIpc) is 1.03. The van der Waals surface area contributed by atoms with Gasteiger partial charge in [0.2, 0.25) is 0 Å². The van der Waals surface area contributed by atoms with Gasteiger partial charge in [0.1, 0.15) is 0 Å². The molecule has 16 aromatic carbocycles. The van der Waals surface area contributed by atoms with Crippen LogP contribution in [0.2, 0.25) is 0 Å². The zero-order valence-electron chi connectivity index (χ0n) is 53.2. The Morgan fingerprint density at radius 1 is 0.184 bits per heavy atom. The number of thiophene rings is 2. The standard InChI is InChI=1S/2C47H29NS/c1-2-11-30(12-3-1)31-21-23-32(24-22-31)45-37-15-6-8-17-39(37)46(40-18-9-7-16-38(40)45)43-26-25-35(29-48-43)36-19-10-20-41-42-27-33-13-4-5-14-34(33)28-44(42)49-47(36)41;1-2-10-30(11-3-1)31-18-20-32(21-19-31)46-38-14-6-8-16-40(38)47(41-17-9-7-15-39(41)46)43-25-23-36(29-48-43)35-22-24-37-42-26-33-12-4-5-13-34(33)27-45(42)49-44(37)28-35/h2*1-29H. The van der Waals surface area contributed by atoms with E-state index in [1.807, 2.05) is 28.9 Å². The van der Waals surface area contributed by atoms with E-state index in [9.17, 15) is 0 Å². The second-order valence-electron chi connectivity index (χ2n) is 25.4. The smallest absolute Gasteiger partial charge is 0.0714 e. The first kappa shape index (κ1) is 57.3. The van der Waals surface area contributed by atoms with Crippen molar-refractivity contribution < 1.29 is 0 Å². The Kier molecular flexibility index (Phi) is 14.0. The molecule has 98 heavy (non-hydrogen) atoms. The van der Waals surface area contributed by atoms with Crippen LogP contribution in [0.3, 0.4) is 0 Å². The first-order valence-electron chi connectivity index (χ1n) is 33.4. The maximum absolute atomic E-state index is 5.18. The van der Waals surface area contributed by atoms with Crippen molar-refractivity contribution >= 4 is 128 Å². The fourth-order valence-corrected chi connectivity index (χ4v) is 17.6. The van der Waals surface area contributed by atoms with E-state index in [0.717, 1.165) is 22.5 Å². The molecule has 4 heteroatoms. The molecule has 0 saturated carbocycles. The lowest BCUT2D eigenvalue weighted by Gasteiger charge is -2.17. The lowest BCUT2D eigenvalue weighted by atomic mass is 9.87. The van der Waals surface area contributed by atoms with Crippen molar-refractivity contribution in [3.8, 4) is 89.3 Å². The van der Waals surface area contributed by atoms with Crippen molar-refractivity contribution in [2.45, 2.75) is 0 Å². The molecule has 0 unspecified atom stereocenters. The maximum Gasteiger partial charge on any atom is 0.0714 e. The summed E-state index contributed by atoms with van der Waals surface area (Å²) in [6.45, 7) is 0. The Morgan fingerprint density at radius 3 is 0.969 bits per heavy atom. The van der Waals surface area contributed by atoms with Gasteiger partial charge in [-0.3, -0.25) is 9.97 Å². The van der Waals surface area contributed by atoms with Gasteiger partial charge < -0.3 is 0 Å². The van der Waals surface area contributed by atoms with Crippen molar-refractivity contribution in [2.24, 2.45) is 0 Å². The van der Waals surface area contributed by atoms with E-state index in [1.54, 1.807) is 0 Å². The lowest BCUT2D eigenvalue weighted by molar-refractivity contribution is 1.34. The van der Waals surface area contributed by atoms with E-state index >= 15 is 0 Å². The van der Waals surface area contributed by atoms with Crippen LogP contribution < -0.4 is 0 Å². The third kappa shape index (κ3) is 9.91. The Hall–Kier alpha value is -12.2. The third-order valence-corrected chi connectivity index (χ3v) is 22.1. The van der Waals surface area contributed by atoms with E-state index in [4.69, 9.17) is 9.97 Å². The molecule has 0 amide bonds. The van der Waals surface area contributed by atoms with Crippen LogP contribution in [0.15, 0.2) is 352 Å². The first-order chi connectivity index (χ1) is 48.6. The summed E-state index contributed by atoms with van der Waals surface area (Å²) < 4.78 is 5.25. The number of aromatic nitrogens is 2. The highest BCUT2D eigenvalue weighted by Crippen LogP contribution is 2.48. The lowest BCUT2D eigenvalue weighted by Crippen LogP contribution is -1.92. The summed E-state index contributed by atoms with van der Waals surface area (Å²) in [7, 11) is 0. The molecule has 0 N–H and O–H groups in total. The Labute approximate surface area is 574 Å². The second kappa shape index (κ2) is 23.9. The number of pyridine rings is 2. The molecule has 20 aromatic rings. The van der Waals surface area contributed by atoms with Crippen LogP contribution in [0.4, 0.5) is 0 Å². The SMILES string of the molecule is c1ccc(-c2ccc(-c3c4ccccc4c(-c4ccc(-c5ccc6c(c5)sc5cc7ccccc7cc56)cn4)c4ccccc34)cc2)cc1.c1ccc(-c2ccc(-c3c4ccccc4c(-c4ccc(-c5cccc6c5sc5cc7ccccc7cc56)cn4)c4ccccc34)cc2)cc1. The molecule has 20 rings (SSSR count). The molecule has 456 valence electrons. The zero-order valence-corrected chi connectivity index (χ0v) is 54.8. The fraction of sp³-hybridized carbons (Fsp3) is 0. The summed E-state index contributed by atoms with van der Waals surface area (Å²) in [6.07, 6.45) is 4.10. The van der Waals surface area contributed by atoms with Crippen LogP contribution in [-0.2, 0) is 0 Å². The van der Waals surface area contributed by atoms with Gasteiger partial charge in [-0.1, -0.05) is 297 Å². The Morgan fingerprint density at radius 2 is 0.520 bits per heavy atom. The number of nitrogens with zero attached hydrogens (tertiary/aromatic N) is 2. The molecule has 0 aliphatic carbocycles. The van der Waals surface area contributed by atoms with Gasteiger partial charge in [-0.2, -0.15) is 0 Å². The van der Waals surface area contributed by atoms with Gasteiger partial charge in [0.05, 0.1) is 11.4 Å². The van der Waals surface area contributed by atoms with Crippen molar-refractivity contribution in [1.82, 2.24) is 9.97 Å². The van der Waals surface area contributed by atoms with Gasteiger partial charge in [0.15, 0.2) is 0 Å². The quantitative estimate of drug-likeness (QED) is 0.142. The minimum Gasteiger partial charge on any atom is -0.256 e. The summed E-state index contributed by atoms with van der Waals surface area (Å²) in [4.78, 5) is 10.3. The van der Waals surface area contributed by atoms with Crippen LogP contribution in [0, 0.1) is 0 Å². The molecule has 0 radical (unpaired) electrons. The maximum atomic E-state index is 5.18. The van der Waals surface area contributed by atoms with Crippen molar-refractivity contribution in [3.05, 3.63) is 352 Å². The van der Waals surface area contributed by atoms with Crippen LogP contribution in [0.5, 0.6) is 0 Å². The average molecular weight is 1280 g/mol. The molecule has 0 spiro atoms. The summed E-state index contributed by atoms with van der Waals surface area (Å²) in [5.74, 6) is 0. The minimum atomic E-state index is 0.983. The number of hydrogen-bond acceptors (Lipinski definition) is 4. The molecule has 0 atom stereocenters. The number of rotatable bonds is 8. The van der Waals surface area contributed by atoms with E-state index in [0.29, 0.717) is 0 Å². The minimum absolute atomic E-state index is 0.983. The molecular formula is C94H58N2S2. The molecule has 0 bridgehead atoms. The van der Waals surface area contributed by atoms with Crippen molar-refractivity contribution in [2.75, 3.05) is 0 Å². The summed E-state index contributed by atoms with van der Waals surface area (Å²) >= 11 is 3.74. The molecule has 0 fully saturated rings. The van der Waals surface area contributed by atoms with Crippen LogP contribution in [0.1, 0.15) is 0 Å². The first-order valence-corrected chi connectivity index (χ1v) is 35.0. The second-order valence-corrected chi connectivity index (χ2v) is 27.6. The molecule has 0 aliphatic rings. The normalized spacial score (nSPS) is 11.7. The molecule has 4 heterocycles. The molecule has 4 aromatic heterocycles. The molecular weight excluding hydrogens is 1220 g/mol. The number of hydrogen-bond donors (Lipinski definition) is 0. The van der Waals surface area contributed by atoms with Gasteiger partial charge in [0, 0.05) is 80.6 Å². The topological polar surface area (TPSA) is 25.8 Å². The Bertz CT molecular complexity index is 6370. The Balaban J connectivity index is 0.000000137. The largest absolute Gasteiger partial charge is 0.256 e. The highest BCUT2D eigenvalue weighted by Gasteiger charge is 2.21. The summed E-state index contributed by atoms with van der Waals surface area (Å²) in [6, 6.07) is 123. The molecule has 2 nitrogen and oxygen atoms in total. The van der Waals surface area contributed by atoms with Gasteiger partial charge in [0.25, 0.3) is 0 Å². The van der Waals surface area contributed by atoms with E-state index in [1.165, 1.54) is 172 Å². The van der Waals surface area contributed by atoms with Gasteiger partial charge in [-0.15, -0.1) is 22.7 Å².